The molecule has 5 rings (SSSR count). The van der Waals surface area contributed by atoms with Crippen molar-refractivity contribution in [1.29, 1.82) is 0 Å². The van der Waals surface area contributed by atoms with Gasteiger partial charge in [-0.3, -0.25) is 4.90 Å². The van der Waals surface area contributed by atoms with Crippen molar-refractivity contribution < 1.29 is 13.5 Å². The van der Waals surface area contributed by atoms with Gasteiger partial charge >= 0.3 is 0 Å². The topological polar surface area (TPSA) is 60.0 Å². The molecular formula is C27H32ClF2N7O. The van der Waals surface area contributed by atoms with Gasteiger partial charge in [-0.2, -0.15) is 4.98 Å². The Kier molecular flexibility index (Phi) is 8.23. The van der Waals surface area contributed by atoms with E-state index in [9.17, 15) is 8.78 Å². The Morgan fingerprint density at radius 1 is 1.03 bits per heavy atom. The van der Waals surface area contributed by atoms with Crippen molar-refractivity contribution in [3.63, 3.8) is 0 Å². The predicted molar refractivity (Wildman–Crippen MR) is 147 cm³/mol. The van der Waals surface area contributed by atoms with E-state index in [1.54, 1.807) is 19.3 Å². The highest BCUT2D eigenvalue weighted by atomic mass is 35.5. The molecule has 0 unspecified atom stereocenters. The molecule has 0 saturated carbocycles. The van der Waals surface area contributed by atoms with Crippen LogP contribution >= 0.6 is 11.6 Å². The molecule has 3 aromatic rings. The van der Waals surface area contributed by atoms with Gasteiger partial charge in [-0.15, -0.1) is 0 Å². The zero-order chi connectivity index (χ0) is 26.6. The van der Waals surface area contributed by atoms with Crippen LogP contribution in [-0.2, 0) is 11.3 Å². The van der Waals surface area contributed by atoms with E-state index in [1.807, 2.05) is 0 Å². The molecule has 0 aliphatic carbocycles. The second-order valence-corrected chi connectivity index (χ2v) is 10.1. The van der Waals surface area contributed by atoms with Gasteiger partial charge in [0.15, 0.2) is 5.82 Å². The molecule has 8 nitrogen and oxygen atoms in total. The summed E-state index contributed by atoms with van der Waals surface area (Å²) in [4.78, 5) is 17.6. The van der Waals surface area contributed by atoms with Crippen LogP contribution in [0.25, 0.3) is 0 Å². The summed E-state index contributed by atoms with van der Waals surface area (Å²) in [5, 5.41) is 2.79. The molecule has 38 heavy (non-hydrogen) atoms. The summed E-state index contributed by atoms with van der Waals surface area (Å²) in [7, 11) is 3.80. The third kappa shape index (κ3) is 6.15. The highest BCUT2D eigenvalue weighted by molar-refractivity contribution is 6.31. The number of morpholine rings is 1. The van der Waals surface area contributed by atoms with Gasteiger partial charge in [0, 0.05) is 70.4 Å². The summed E-state index contributed by atoms with van der Waals surface area (Å²) in [5.74, 6) is -0.841. The molecule has 11 heteroatoms. The van der Waals surface area contributed by atoms with E-state index >= 15 is 0 Å². The molecule has 3 heterocycles. The number of anilines is 5. The summed E-state index contributed by atoms with van der Waals surface area (Å²) < 4.78 is 33.8. The second kappa shape index (κ2) is 11.8. The third-order valence-electron chi connectivity index (χ3n) is 6.97. The molecule has 2 aromatic carbocycles. The Morgan fingerprint density at radius 2 is 1.79 bits per heavy atom. The molecule has 0 spiro atoms. The highest BCUT2D eigenvalue weighted by Gasteiger charge is 2.19. The first-order valence-electron chi connectivity index (χ1n) is 12.7. The van der Waals surface area contributed by atoms with Gasteiger partial charge in [0.05, 0.1) is 18.9 Å². The summed E-state index contributed by atoms with van der Waals surface area (Å²) in [6.45, 7) is 8.10. The van der Waals surface area contributed by atoms with Gasteiger partial charge in [0.2, 0.25) is 5.95 Å². The zero-order valence-corrected chi connectivity index (χ0v) is 22.4. The van der Waals surface area contributed by atoms with E-state index in [0.29, 0.717) is 25.0 Å². The smallest absolute Gasteiger partial charge is 0.229 e. The van der Waals surface area contributed by atoms with Gasteiger partial charge in [-0.1, -0.05) is 11.6 Å². The molecule has 2 aliphatic rings. The number of hydrogen-bond donors (Lipinski definition) is 1. The molecule has 0 amide bonds. The Morgan fingerprint density at radius 3 is 2.55 bits per heavy atom. The molecule has 0 radical (unpaired) electrons. The molecule has 0 bridgehead atoms. The summed E-state index contributed by atoms with van der Waals surface area (Å²) in [6, 6.07) is 10.6. The lowest BCUT2D eigenvalue weighted by Gasteiger charge is -2.33. The Bertz CT molecular complexity index is 1270. The molecular weight excluding hydrogens is 512 g/mol. The highest BCUT2D eigenvalue weighted by Crippen LogP contribution is 2.32. The predicted octanol–water partition coefficient (Wildman–Crippen LogP) is 4.50. The second-order valence-electron chi connectivity index (χ2n) is 9.68. The van der Waals surface area contributed by atoms with E-state index in [2.05, 4.69) is 55.2 Å². The lowest BCUT2D eigenvalue weighted by Crippen LogP contribution is -2.43. The largest absolute Gasteiger partial charge is 0.378 e. The van der Waals surface area contributed by atoms with Crippen molar-refractivity contribution in [3.05, 3.63) is 64.8 Å². The molecule has 0 atom stereocenters. The summed E-state index contributed by atoms with van der Waals surface area (Å²) in [6.07, 6.45) is 1.60. The van der Waals surface area contributed by atoms with Crippen LogP contribution in [0.5, 0.6) is 0 Å². The van der Waals surface area contributed by atoms with Crippen LogP contribution in [0.4, 0.5) is 37.6 Å². The van der Waals surface area contributed by atoms with Crippen molar-refractivity contribution in [2.24, 2.45) is 0 Å². The number of benzene rings is 2. The zero-order valence-electron chi connectivity index (χ0n) is 21.6. The first-order chi connectivity index (χ1) is 18.4. The number of likely N-dealkylation sites (N-methyl/N-ethyl adjacent to an activating group) is 1. The third-order valence-corrected chi connectivity index (χ3v) is 7.32. The summed E-state index contributed by atoms with van der Waals surface area (Å²) in [5.41, 5.74) is 3.31. The van der Waals surface area contributed by atoms with Crippen LogP contribution in [0.1, 0.15) is 5.56 Å². The maximum atomic E-state index is 14.6. The first-order valence-corrected chi connectivity index (χ1v) is 13.1. The van der Waals surface area contributed by atoms with Crippen molar-refractivity contribution >= 4 is 40.4 Å². The van der Waals surface area contributed by atoms with Crippen molar-refractivity contribution in [2.45, 2.75) is 6.54 Å². The quantitative estimate of drug-likeness (QED) is 0.437. The number of rotatable bonds is 7. The molecule has 2 saturated heterocycles. The van der Waals surface area contributed by atoms with Crippen molar-refractivity contribution in [2.75, 3.05) is 81.7 Å². The van der Waals surface area contributed by atoms with Crippen LogP contribution in [-0.4, -0.2) is 86.3 Å². The standard InChI is InChI=1S/C27H32ClF2N7O/c1-34-7-9-36(10-8-34)18-19-15-20(17-21(16-19)37-11-13-38-14-12-37)32-27-31-6-5-24(33-27)35(2)23-4-3-22(29)25(28)26(23)30/h3-6,15-17H,7-14,18H2,1-2H3,(H,31,32,33). The number of aromatic nitrogens is 2. The fraction of sp³-hybridized carbons (Fsp3) is 0.407. The Hall–Kier alpha value is -3.05. The Labute approximate surface area is 226 Å². The lowest BCUT2D eigenvalue weighted by molar-refractivity contribution is 0.122. The van der Waals surface area contributed by atoms with Crippen LogP contribution in [0.2, 0.25) is 5.02 Å². The van der Waals surface area contributed by atoms with Crippen LogP contribution in [0.15, 0.2) is 42.6 Å². The lowest BCUT2D eigenvalue weighted by atomic mass is 10.1. The molecule has 2 fully saturated rings. The van der Waals surface area contributed by atoms with E-state index in [4.69, 9.17) is 16.3 Å². The number of piperazine rings is 1. The number of hydrogen-bond acceptors (Lipinski definition) is 8. The van der Waals surface area contributed by atoms with E-state index in [0.717, 1.165) is 63.3 Å². The molecule has 2 aliphatic heterocycles. The maximum Gasteiger partial charge on any atom is 0.229 e. The number of ether oxygens (including phenoxy) is 1. The number of nitrogens with one attached hydrogen (secondary N) is 1. The summed E-state index contributed by atoms with van der Waals surface area (Å²) >= 11 is 5.78. The van der Waals surface area contributed by atoms with Crippen LogP contribution in [0, 0.1) is 11.6 Å². The molecule has 1 N–H and O–H groups in total. The van der Waals surface area contributed by atoms with Gasteiger partial charge in [-0.25, -0.2) is 13.8 Å². The molecule has 202 valence electrons. The molecule has 1 aromatic heterocycles. The fourth-order valence-corrected chi connectivity index (χ4v) is 4.89. The average molecular weight is 544 g/mol. The average Bonchev–Trinajstić information content (AvgIpc) is 2.93. The minimum atomic E-state index is -0.839. The first kappa shape index (κ1) is 26.6. The van der Waals surface area contributed by atoms with E-state index in [-0.39, 0.29) is 5.69 Å². The van der Waals surface area contributed by atoms with Gasteiger partial charge in [0.1, 0.15) is 16.7 Å². The minimum absolute atomic E-state index is 0.116. The Balaban J connectivity index is 1.39. The van der Waals surface area contributed by atoms with Gasteiger partial charge < -0.3 is 24.8 Å². The number of nitrogens with zero attached hydrogens (tertiary/aromatic N) is 6. The number of halogens is 3. The fourth-order valence-electron chi connectivity index (χ4n) is 4.73. The van der Waals surface area contributed by atoms with Crippen molar-refractivity contribution in [3.8, 4) is 0 Å². The van der Waals surface area contributed by atoms with E-state index in [1.165, 1.54) is 16.5 Å². The van der Waals surface area contributed by atoms with Crippen LogP contribution < -0.4 is 15.1 Å². The monoisotopic (exact) mass is 543 g/mol. The van der Waals surface area contributed by atoms with Gasteiger partial charge in [0.25, 0.3) is 0 Å². The minimum Gasteiger partial charge on any atom is -0.378 e. The van der Waals surface area contributed by atoms with Gasteiger partial charge in [-0.05, 0) is 49.0 Å². The SMILES string of the molecule is CN1CCN(Cc2cc(Nc3nccc(N(C)c4ccc(F)c(Cl)c4F)n3)cc(N3CCOCC3)c2)CC1. The van der Waals surface area contributed by atoms with Crippen molar-refractivity contribution in [1.82, 2.24) is 19.8 Å². The normalized spacial score (nSPS) is 17.0. The van der Waals surface area contributed by atoms with Crippen LogP contribution in [0.3, 0.4) is 0 Å². The maximum absolute atomic E-state index is 14.6. The van der Waals surface area contributed by atoms with E-state index < -0.39 is 16.7 Å².